The Bertz CT molecular complexity index is 1210. The minimum absolute atomic E-state index is 0.0509. The zero-order chi connectivity index (χ0) is 20.4. The van der Waals surface area contributed by atoms with E-state index in [1.54, 1.807) is 12.1 Å². The molecule has 2 aromatic carbocycles. The summed E-state index contributed by atoms with van der Waals surface area (Å²) < 4.78 is 45.8. The van der Waals surface area contributed by atoms with Crippen molar-refractivity contribution < 1.29 is 17.6 Å². The van der Waals surface area contributed by atoms with E-state index in [4.69, 9.17) is 4.42 Å². The summed E-state index contributed by atoms with van der Waals surface area (Å²) in [4.78, 5) is 16.8. The Hall–Kier alpha value is -3.75. The summed E-state index contributed by atoms with van der Waals surface area (Å²) in [6, 6.07) is 13.0. The van der Waals surface area contributed by atoms with Crippen LogP contribution in [0.2, 0.25) is 0 Å². The van der Waals surface area contributed by atoms with E-state index >= 15 is 0 Å². The average Bonchev–Trinajstić information content (AvgIpc) is 3.22. The standard InChI is InChI=1S/C20H13F3N4O2/c21-16-8-13(18-25-26-19(29-18)17(22)23)6-7-14(16)10-27-11-24-9-15(20(27)28)12-4-2-1-3-5-12/h1-9,11,17H,10H2. The molecule has 0 bridgehead atoms. The minimum Gasteiger partial charge on any atom is -0.415 e. The van der Waals surface area contributed by atoms with E-state index in [-0.39, 0.29) is 29.1 Å². The maximum atomic E-state index is 14.6. The first-order valence-electron chi connectivity index (χ1n) is 8.53. The Morgan fingerprint density at radius 1 is 1.03 bits per heavy atom. The fourth-order valence-corrected chi connectivity index (χ4v) is 2.81. The van der Waals surface area contributed by atoms with Crippen molar-refractivity contribution in [2.45, 2.75) is 13.0 Å². The maximum Gasteiger partial charge on any atom is 0.314 e. The third-order valence-electron chi connectivity index (χ3n) is 4.25. The highest BCUT2D eigenvalue weighted by Gasteiger charge is 2.18. The van der Waals surface area contributed by atoms with Gasteiger partial charge in [-0.05, 0) is 17.7 Å². The smallest absolute Gasteiger partial charge is 0.314 e. The van der Waals surface area contributed by atoms with Crippen LogP contribution in [0.4, 0.5) is 13.2 Å². The van der Waals surface area contributed by atoms with Crippen molar-refractivity contribution in [3.63, 3.8) is 0 Å². The lowest BCUT2D eigenvalue weighted by atomic mass is 10.1. The van der Waals surface area contributed by atoms with Crippen molar-refractivity contribution in [2.75, 3.05) is 0 Å². The first-order valence-corrected chi connectivity index (χ1v) is 8.53. The zero-order valence-electron chi connectivity index (χ0n) is 14.8. The highest BCUT2D eigenvalue weighted by molar-refractivity contribution is 5.61. The monoisotopic (exact) mass is 398 g/mol. The third-order valence-corrected chi connectivity index (χ3v) is 4.25. The van der Waals surface area contributed by atoms with Gasteiger partial charge in [-0.25, -0.2) is 9.37 Å². The number of halogens is 3. The topological polar surface area (TPSA) is 73.8 Å². The van der Waals surface area contributed by atoms with Gasteiger partial charge in [-0.2, -0.15) is 8.78 Å². The van der Waals surface area contributed by atoms with Crippen LogP contribution in [0, 0.1) is 5.82 Å². The zero-order valence-corrected chi connectivity index (χ0v) is 14.8. The van der Waals surface area contributed by atoms with Crippen molar-refractivity contribution >= 4 is 0 Å². The van der Waals surface area contributed by atoms with Gasteiger partial charge in [0.25, 0.3) is 11.4 Å². The highest BCUT2D eigenvalue weighted by Crippen LogP contribution is 2.25. The molecule has 9 heteroatoms. The van der Waals surface area contributed by atoms with Crippen molar-refractivity contribution in [3.05, 3.63) is 88.7 Å². The Morgan fingerprint density at radius 3 is 2.52 bits per heavy atom. The third kappa shape index (κ3) is 3.79. The molecule has 0 aliphatic rings. The predicted octanol–water partition coefficient (Wildman–Crippen LogP) is 4.09. The molecule has 0 spiro atoms. The van der Waals surface area contributed by atoms with E-state index in [0.29, 0.717) is 11.1 Å². The van der Waals surface area contributed by atoms with Gasteiger partial charge in [0.1, 0.15) is 5.82 Å². The molecule has 0 aliphatic carbocycles. The number of hydrogen-bond donors (Lipinski definition) is 0. The predicted molar refractivity (Wildman–Crippen MR) is 97.7 cm³/mol. The molecule has 2 aromatic heterocycles. The summed E-state index contributed by atoms with van der Waals surface area (Å²) >= 11 is 0. The number of hydrogen-bond acceptors (Lipinski definition) is 5. The molecule has 0 unspecified atom stereocenters. The molecule has 146 valence electrons. The summed E-state index contributed by atoms with van der Waals surface area (Å²) in [7, 11) is 0. The van der Waals surface area contributed by atoms with Crippen molar-refractivity contribution in [2.24, 2.45) is 0 Å². The summed E-state index contributed by atoms with van der Waals surface area (Å²) in [5, 5.41) is 6.71. The van der Waals surface area contributed by atoms with E-state index in [9.17, 15) is 18.0 Å². The molecule has 6 nitrogen and oxygen atoms in total. The van der Waals surface area contributed by atoms with Gasteiger partial charge in [0.15, 0.2) is 0 Å². The van der Waals surface area contributed by atoms with E-state index in [1.165, 1.54) is 29.2 Å². The molecule has 4 rings (SSSR count). The minimum atomic E-state index is -2.91. The van der Waals surface area contributed by atoms with Gasteiger partial charge >= 0.3 is 6.43 Å². The fourth-order valence-electron chi connectivity index (χ4n) is 2.81. The second-order valence-corrected chi connectivity index (χ2v) is 6.16. The van der Waals surface area contributed by atoms with Gasteiger partial charge in [-0.15, -0.1) is 10.2 Å². The van der Waals surface area contributed by atoms with Gasteiger partial charge in [0, 0.05) is 17.3 Å². The van der Waals surface area contributed by atoms with Gasteiger partial charge in [-0.3, -0.25) is 9.36 Å². The van der Waals surface area contributed by atoms with Crippen LogP contribution >= 0.6 is 0 Å². The van der Waals surface area contributed by atoms with Crippen LogP contribution in [0.3, 0.4) is 0 Å². The Labute approximate surface area is 162 Å². The molecule has 4 aromatic rings. The second kappa shape index (κ2) is 7.70. The molecule has 0 radical (unpaired) electrons. The summed E-state index contributed by atoms with van der Waals surface area (Å²) in [6.07, 6.45) is -0.115. The Kier molecular flexibility index (Phi) is 4.94. The van der Waals surface area contributed by atoms with Crippen LogP contribution in [0.25, 0.3) is 22.6 Å². The van der Waals surface area contributed by atoms with Crippen LogP contribution < -0.4 is 5.56 Å². The first kappa shape index (κ1) is 18.6. The number of nitrogens with zero attached hydrogens (tertiary/aromatic N) is 4. The summed E-state index contributed by atoms with van der Waals surface area (Å²) in [5.74, 6) is -1.69. The lowest BCUT2D eigenvalue weighted by Gasteiger charge is -2.09. The quantitative estimate of drug-likeness (QED) is 0.506. The summed E-state index contributed by atoms with van der Waals surface area (Å²) in [5.41, 5.74) is 1.18. The maximum absolute atomic E-state index is 14.6. The van der Waals surface area contributed by atoms with Crippen LogP contribution in [0.1, 0.15) is 17.9 Å². The van der Waals surface area contributed by atoms with E-state index in [2.05, 4.69) is 15.2 Å². The fraction of sp³-hybridized carbons (Fsp3) is 0.100. The summed E-state index contributed by atoms with van der Waals surface area (Å²) in [6.45, 7) is -0.0509. The number of alkyl halides is 2. The van der Waals surface area contributed by atoms with E-state index < -0.39 is 18.1 Å². The van der Waals surface area contributed by atoms with Gasteiger partial charge in [0.05, 0.1) is 18.4 Å². The molecule has 29 heavy (non-hydrogen) atoms. The number of benzene rings is 2. The van der Waals surface area contributed by atoms with Gasteiger partial charge in [-0.1, -0.05) is 36.4 Å². The Morgan fingerprint density at radius 2 is 1.83 bits per heavy atom. The molecule has 0 saturated heterocycles. The van der Waals surface area contributed by atoms with Crippen molar-refractivity contribution in [1.29, 1.82) is 0 Å². The molecule has 0 saturated carbocycles. The van der Waals surface area contributed by atoms with E-state index in [1.807, 2.05) is 18.2 Å². The van der Waals surface area contributed by atoms with Crippen molar-refractivity contribution in [1.82, 2.24) is 19.7 Å². The number of aromatic nitrogens is 4. The normalized spacial score (nSPS) is 11.2. The molecular formula is C20H13F3N4O2. The van der Waals surface area contributed by atoms with Gasteiger partial charge < -0.3 is 4.42 Å². The highest BCUT2D eigenvalue weighted by atomic mass is 19.3. The van der Waals surface area contributed by atoms with Crippen LogP contribution in [-0.2, 0) is 6.54 Å². The lowest BCUT2D eigenvalue weighted by molar-refractivity contribution is 0.116. The van der Waals surface area contributed by atoms with Crippen LogP contribution in [0.5, 0.6) is 0 Å². The Balaban J connectivity index is 1.63. The molecule has 2 heterocycles. The number of rotatable bonds is 5. The molecule has 0 N–H and O–H groups in total. The lowest BCUT2D eigenvalue weighted by Crippen LogP contribution is -2.22. The SMILES string of the molecule is O=c1c(-c2ccccc2)cncn1Cc1ccc(-c2nnc(C(F)F)o2)cc1F. The molecular weight excluding hydrogens is 385 g/mol. The average molecular weight is 398 g/mol. The largest absolute Gasteiger partial charge is 0.415 e. The molecule has 0 fully saturated rings. The molecule has 0 atom stereocenters. The first-order chi connectivity index (χ1) is 14.0. The van der Waals surface area contributed by atoms with Crippen LogP contribution in [-0.4, -0.2) is 19.7 Å². The molecule has 0 aliphatic heterocycles. The second-order valence-electron chi connectivity index (χ2n) is 6.16. The van der Waals surface area contributed by atoms with E-state index in [0.717, 1.165) is 6.07 Å². The van der Waals surface area contributed by atoms with Crippen molar-refractivity contribution in [3.8, 4) is 22.6 Å². The molecule has 0 amide bonds. The van der Waals surface area contributed by atoms with Crippen LogP contribution in [0.15, 0.2) is 70.3 Å². The van der Waals surface area contributed by atoms with Gasteiger partial charge in [0.2, 0.25) is 5.89 Å².